The van der Waals surface area contributed by atoms with E-state index in [2.05, 4.69) is 6.07 Å². The van der Waals surface area contributed by atoms with Crippen molar-refractivity contribution in [2.24, 2.45) is 5.73 Å². The van der Waals surface area contributed by atoms with Crippen molar-refractivity contribution >= 4 is 28.3 Å². The van der Waals surface area contributed by atoms with Crippen molar-refractivity contribution in [3.63, 3.8) is 0 Å². The Balaban J connectivity index is 1.41. The fourth-order valence-electron chi connectivity index (χ4n) is 4.61. The van der Waals surface area contributed by atoms with Gasteiger partial charge < -0.3 is 19.9 Å². The van der Waals surface area contributed by atoms with Gasteiger partial charge in [0.1, 0.15) is 28.9 Å². The molecule has 0 saturated carbocycles. The summed E-state index contributed by atoms with van der Waals surface area (Å²) in [5.74, 6) is 0.251. The lowest BCUT2D eigenvalue weighted by Gasteiger charge is -2.27. The highest BCUT2D eigenvalue weighted by molar-refractivity contribution is 6.32. The Morgan fingerprint density at radius 2 is 1.73 bits per heavy atom. The molecule has 0 saturated heterocycles. The first-order chi connectivity index (χ1) is 17.9. The second-order valence-electron chi connectivity index (χ2n) is 8.83. The SMILES string of the molecule is Cc1cc(OCC(=O)Oc2ccc3c(c2)OC(N)=C(C#N)C3c2cccc3ccccc23)cc(C)c1Cl. The third kappa shape index (κ3) is 4.69. The number of rotatable bonds is 5. The summed E-state index contributed by atoms with van der Waals surface area (Å²) < 4.78 is 16.9. The molecule has 37 heavy (non-hydrogen) atoms. The number of esters is 1. The van der Waals surface area contributed by atoms with Crippen molar-refractivity contribution in [3.8, 4) is 23.3 Å². The number of nitrogens with two attached hydrogens (primary N) is 1. The number of halogens is 1. The number of allylic oxidation sites excluding steroid dienone is 1. The van der Waals surface area contributed by atoms with Gasteiger partial charge in [-0.15, -0.1) is 0 Å². The molecule has 1 unspecified atom stereocenters. The normalized spacial score (nSPS) is 14.5. The van der Waals surface area contributed by atoms with E-state index in [1.807, 2.05) is 56.3 Å². The number of fused-ring (bicyclic) bond motifs is 2. The highest BCUT2D eigenvalue weighted by Gasteiger charge is 2.32. The van der Waals surface area contributed by atoms with Crippen LogP contribution in [0.2, 0.25) is 5.02 Å². The molecule has 0 spiro atoms. The van der Waals surface area contributed by atoms with Crippen LogP contribution in [0.25, 0.3) is 10.8 Å². The number of hydrogen-bond acceptors (Lipinski definition) is 6. The lowest BCUT2D eigenvalue weighted by Crippen LogP contribution is -2.22. The molecular weight excluding hydrogens is 488 g/mol. The molecule has 184 valence electrons. The maximum atomic E-state index is 12.5. The fraction of sp³-hybridized carbons (Fsp3) is 0.133. The Labute approximate surface area is 219 Å². The smallest absolute Gasteiger partial charge is 0.349 e. The van der Waals surface area contributed by atoms with Crippen LogP contribution < -0.4 is 19.9 Å². The average Bonchev–Trinajstić information content (AvgIpc) is 2.89. The zero-order chi connectivity index (χ0) is 26.1. The Morgan fingerprint density at radius 1 is 1.00 bits per heavy atom. The van der Waals surface area contributed by atoms with Crippen LogP contribution in [-0.4, -0.2) is 12.6 Å². The van der Waals surface area contributed by atoms with Crippen LogP contribution in [0.4, 0.5) is 0 Å². The molecule has 1 aliphatic rings. The Hall–Kier alpha value is -4.47. The van der Waals surface area contributed by atoms with E-state index in [4.69, 9.17) is 31.5 Å². The van der Waals surface area contributed by atoms with E-state index in [1.165, 1.54) is 0 Å². The van der Waals surface area contributed by atoms with E-state index >= 15 is 0 Å². The predicted molar refractivity (Wildman–Crippen MR) is 142 cm³/mol. The summed E-state index contributed by atoms with van der Waals surface area (Å²) in [6.45, 7) is 3.46. The van der Waals surface area contributed by atoms with Gasteiger partial charge in [0.25, 0.3) is 0 Å². The molecule has 6 nitrogen and oxygen atoms in total. The molecule has 1 aliphatic heterocycles. The number of nitriles is 1. The summed E-state index contributed by atoms with van der Waals surface area (Å²) >= 11 is 6.20. The molecule has 7 heteroatoms. The lowest BCUT2D eigenvalue weighted by atomic mass is 9.81. The Bertz CT molecular complexity index is 1590. The topological polar surface area (TPSA) is 94.6 Å². The van der Waals surface area contributed by atoms with Gasteiger partial charge in [-0.1, -0.05) is 60.1 Å². The second kappa shape index (κ2) is 9.88. The minimum absolute atomic E-state index is 0.0215. The molecule has 1 heterocycles. The van der Waals surface area contributed by atoms with Gasteiger partial charge in [0.15, 0.2) is 6.61 Å². The Kier molecular flexibility index (Phi) is 6.47. The van der Waals surface area contributed by atoms with E-state index in [9.17, 15) is 10.1 Å². The molecule has 0 bridgehead atoms. The minimum Gasteiger partial charge on any atom is -0.482 e. The maximum Gasteiger partial charge on any atom is 0.349 e. The first kappa shape index (κ1) is 24.2. The van der Waals surface area contributed by atoms with Gasteiger partial charge in [0.05, 0.1) is 5.92 Å². The summed E-state index contributed by atoms with van der Waals surface area (Å²) in [5.41, 5.74) is 9.92. The van der Waals surface area contributed by atoms with Gasteiger partial charge in [0.2, 0.25) is 5.88 Å². The van der Waals surface area contributed by atoms with Gasteiger partial charge in [-0.2, -0.15) is 5.26 Å². The highest BCUT2D eigenvalue weighted by Crippen LogP contribution is 2.45. The second-order valence-corrected chi connectivity index (χ2v) is 9.20. The van der Waals surface area contributed by atoms with Crippen LogP contribution in [0.1, 0.15) is 28.2 Å². The third-order valence-electron chi connectivity index (χ3n) is 6.32. The van der Waals surface area contributed by atoms with Crippen LogP contribution in [0.3, 0.4) is 0 Å². The zero-order valence-corrected chi connectivity index (χ0v) is 21.0. The quantitative estimate of drug-likeness (QED) is 0.249. The molecule has 0 amide bonds. The van der Waals surface area contributed by atoms with Gasteiger partial charge in [-0.3, -0.25) is 0 Å². The van der Waals surface area contributed by atoms with E-state index in [1.54, 1.807) is 30.3 Å². The highest BCUT2D eigenvalue weighted by atomic mass is 35.5. The largest absolute Gasteiger partial charge is 0.482 e. The monoisotopic (exact) mass is 510 g/mol. The van der Waals surface area contributed by atoms with Gasteiger partial charge in [0, 0.05) is 16.7 Å². The molecule has 4 aromatic rings. The molecule has 0 radical (unpaired) electrons. The van der Waals surface area contributed by atoms with Crippen molar-refractivity contribution in [1.82, 2.24) is 0 Å². The number of aryl methyl sites for hydroxylation is 2. The van der Waals surface area contributed by atoms with Crippen LogP contribution in [0.15, 0.2) is 84.3 Å². The van der Waals surface area contributed by atoms with Crippen LogP contribution in [0, 0.1) is 25.2 Å². The standard InChI is InChI=1S/C30H23ClN2O4/c1-17-12-21(13-18(2)29(17)31)35-16-27(34)36-20-10-11-24-26(14-20)37-30(33)25(15-32)28(24)23-9-5-7-19-6-3-4-8-22(19)23/h3-14,28H,16,33H2,1-2H3. The number of carbonyl (C=O) groups is 1. The van der Waals surface area contributed by atoms with Crippen LogP contribution in [0.5, 0.6) is 17.2 Å². The first-order valence-electron chi connectivity index (χ1n) is 11.6. The number of benzene rings is 4. The van der Waals surface area contributed by atoms with Gasteiger partial charge in [-0.25, -0.2) is 4.79 Å². The number of hydrogen-bond donors (Lipinski definition) is 1. The average molecular weight is 511 g/mol. The summed E-state index contributed by atoms with van der Waals surface area (Å²) in [6, 6.07) is 24.8. The van der Waals surface area contributed by atoms with Crippen molar-refractivity contribution in [2.75, 3.05) is 6.61 Å². The third-order valence-corrected chi connectivity index (χ3v) is 6.92. The molecule has 5 rings (SSSR count). The number of carbonyl (C=O) groups excluding carboxylic acids is 1. The lowest BCUT2D eigenvalue weighted by molar-refractivity contribution is -0.136. The maximum absolute atomic E-state index is 12.5. The summed E-state index contributed by atoms with van der Waals surface area (Å²) in [4.78, 5) is 12.5. The van der Waals surface area contributed by atoms with Crippen LogP contribution in [-0.2, 0) is 4.79 Å². The predicted octanol–water partition coefficient (Wildman–Crippen LogP) is 6.31. The number of nitrogens with zero attached hydrogens (tertiary/aromatic N) is 1. The minimum atomic E-state index is -0.576. The number of ether oxygens (including phenoxy) is 3. The molecule has 4 aromatic carbocycles. The fourth-order valence-corrected chi connectivity index (χ4v) is 4.72. The van der Waals surface area contributed by atoms with Gasteiger partial charge >= 0.3 is 5.97 Å². The van der Waals surface area contributed by atoms with Crippen molar-refractivity contribution in [3.05, 3.63) is 112 Å². The molecule has 2 N–H and O–H groups in total. The van der Waals surface area contributed by atoms with E-state index in [-0.39, 0.29) is 18.2 Å². The van der Waals surface area contributed by atoms with Crippen LogP contribution >= 0.6 is 11.6 Å². The van der Waals surface area contributed by atoms with E-state index in [0.717, 1.165) is 33.0 Å². The molecule has 0 aliphatic carbocycles. The molecule has 0 fully saturated rings. The summed E-state index contributed by atoms with van der Waals surface area (Å²) in [6.07, 6.45) is 0. The summed E-state index contributed by atoms with van der Waals surface area (Å²) in [5, 5.41) is 12.6. The molecule has 1 atom stereocenters. The zero-order valence-electron chi connectivity index (χ0n) is 20.2. The van der Waals surface area contributed by atoms with Gasteiger partial charge in [-0.05, 0) is 59.5 Å². The van der Waals surface area contributed by atoms with Crippen molar-refractivity contribution < 1.29 is 19.0 Å². The Morgan fingerprint density at radius 3 is 2.49 bits per heavy atom. The first-order valence-corrected chi connectivity index (χ1v) is 12.0. The van der Waals surface area contributed by atoms with Crippen molar-refractivity contribution in [2.45, 2.75) is 19.8 Å². The molecule has 0 aromatic heterocycles. The molecular formula is C30H23ClN2O4. The van der Waals surface area contributed by atoms with E-state index in [0.29, 0.717) is 22.1 Å². The summed E-state index contributed by atoms with van der Waals surface area (Å²) in [7, 11) is 0. The van der Waals surface area contributed by atoms with Crippen molar-refractivity contribution in [1.29, 1.82) is 5.26 Å². The van der Waals surface area contributed by atoms with E-state index < -0.39 is 11.9 Å².